The SMILES string of the molecule is CC(C)(C)c1cc2c(s1)C1=C(c3cccs3)c3cc(C(C)(C)C)sc3C1=C2c1cccs1. The topological polar surface area (TPSA) is 0 Å². The molecule has 0 spiro atoms. The first kappa shape index (κ1) is 20.9. The second kappa shape index (κ2) is 6.89. The third kappa shape index (κ3) is 2.96. The molecule has 4 heteroatoms. The van der Waals surface area contributed by atoms with Crippen LogP contribution < -0.4 is 0 Å². The van der Waals surface area contributed by atoms with Gasteiger partial charge in [-0.15, -0.1) is 45.3 Å². The van der Waals surface area contributed by atoms with Crippen LogP contribution in [0.15, 0.2) is 47.2 Å². The van der Waals surface area contributed by atoms with Crippen molar-refractivity contribution in [3.05, 3.63) is 87.5 Å². The molecule has 162 valence electrons. The van der Waals surface area contributed by atoms with Crippen molar-refractivity contribution in [3.63, 3.8) is 0 Å². The van der Waals surface area contributed by atoms with Crippen LogP contribution in [-0.2, 0) is 10.8 Å². The fraction of sp³-hybridized carbons (Fsp3) is 0.286. The standard InChI is InChI=1S/C28H26S4/c1-27(2,3)19-13-15-21(17-9-7-11-29-17)24-23(25(15)31-19)22(18-10-8-12-30-18)16-14-20(28(4,5)6)32-26(16)24/h7-14H,1-6H3. The Morgan fingerprint density at radius 3 is 1.28 bits per heavy atom. The third-order valence-corrected chi connectivity index (χ3v) is 11.2. The van der Waals surface area contributed by atoms with Crippen LogP contribution in [0.1, 0.15) is 81.9 Å². The first-order valence-electron chi connectivity index (χ1n) is 11.0. The number of hydrogen-bond acceptors (Lipinski definition) is 4. The highest BCUT2D eigenvalue weighted by Crippen LogP contribution is 2.63. The van der Waals surface area contributed by atoms with Gasteiger partial charge in [0.25, 0.3) is 0 Å². The second-order valence-electron chi connectivity index (χ2n) is 10.7. The average Bonchev–Trinajstić information content (AvgIpc) is 3.48. The van der Waals surface area contributed by atoms with Gasteiger partial charge < -0.3 is 0 Å². The van der Waals surface area contributed by atoms with E-state index >= 15 is 0 Å². The molecule has 0 aliphatic heterocycles. The summed E-state index contributed by atoms with van der Waals surface area (Å²) >= 11 is 7.74. The molecular weight excluding hydrogens is 465 g/mol. The predicted octanol–water partition coefficient (Wildman–Crippen LogP) is 9.77. The van der Waals surface area contributed by atoms with Gasteiger partial charge in [-0.3, -0.25) is 0 Å². The normalized spacial score (nSPS) is 15.6. The number of hydrogen-bond donors (Lipinski definition) is 0. The van der Waals surface area contributed by atoms with Gasteiger partial charge in [0.15, 0.2) is 0 Å². The Bertz CT molecular complexity index is 1290. The third-order valence-electron chi connectivity index (χ3n) is 6.22. The molecule has 0 aromatic carbocycles. The van der Waals surface area contributed by atoms with Gasteiger partial charge in [-0.05, 0) is 45.9 Å². The van der Waals surface area contributed by atoms with Gasteiger partial charge in [-0.25, -0.2) is 0 Å². The molecule has 0 unspecified atom stereocenters. The van der Waals surface area contributed by atoms with E-state index < -0.39 is 0 Å². The summed E-state index contributed by atoms with van der Waals surface area (Å²) in [5.41, 5.74) is 9.06. The fourth-order valence-corrected chi connectivity index (χ4v) is 8.73. The van der Waals surface area contributed by atoms with Gasteiger partial charge in [-0.1, -0.05) is 53.7 Å². The molecule has 4 aromatic heterocycles. The van der Waals surface area contributed by atoms with Crippen molar-refractivity contribution in [2.75, 3.05) is 0 Å². The number of thiophene rings is 4. The molecule has 0 saturated carbocycles. The van der Waals surface area contributed by atoms with Gasteiger partial charge in [-0.2, -0.15) is 0 Å². The number of allylic oxidation sites excluding steroid dienone is 2. The van der Waals surface area contributed by atoms with Gasteiger partial charge in [0.2, 0.25) is 0 Å². The molecule has 0 N–H and O–H groups in total. The molecule has 0 amide bonds. The average molecular weight is 491 g/mol. The lowest BCUT2D eigenvalue weighted by atomic mass is 9.92. The highest BCUT2D eigenvalue weighted by atomic mass is 32.1. The maximum atomic E-state index is 2.48. The van der Waals surface area contributed by atoms with Crippen molar-refractivity contribution in [1.29, 1.82) is 0 Å². The van der Waals surface area contributed by atoms with Crippen LogP contribution in [0, 0.1) is 0 Å². The van der Waals surface area contributed by atoms with E-state index in [-0.39, 0.29) is 10.8 Å². The Morgan fingerprint density at radius 1 is 0.562 bits per heavy atom. The summed E-state index contributed by atoms with van der Waals surface area (Å²) in [6.07, 6.45) is 0. The van der Waals surface area contributed by atoms with E-state index in [4.69, 9.17) is 0 Å². The fourth-order valence-electron chi connectivity index (χ4n) is 4.59. The van der Waals surface area contributed by atoms with E-state index in [1.165, 1.54) is 62.7 Å². The van der Waals surface area contributed by atoms with Gasteiger partial charge in [0.1, 0.15) is 0 Å². The molecule has 0 fully saturated rings. The Balaban J connectivity index is 1.73. The summed E-state index contributed by atoms with van der Waals surface area (Å²) in [5.74, 6) is 0. The zero-order valence-electron chi connectivity index (χ0n) is 19.3. The van der Waals surface area contributed by atoms with Crippen LogP contribution in [-0.4, -0.2) is 0 Å². The molecule has 2 aliphatic rings. The first-order valence-corrected chi connectivity index (χ1v) is 14.4. The molecule has 0 bridgehead atoms. The van der Waals surface area contributed by atoms with Crippen molar-refractivity contribution in [2.45, 2.75) is 52.4 Å². The molecule has 0 atom stereocenters. The van der Waals surface area contributed by atoms with E-state index in [0.717, 1.165) is 0 Å². The summed E-state index contributed by atoms with van der Waals surface area (Å²) in [6.45, 7) is 14.0. The highest BCUT2D eigenvalue weighted by Gasteiger charge is 2.42. The number of rotatable bonds is 2. The zero-order valence-corrected chi connectivity index (χ0v) is 22.5. The van der Waals surface area contributed by atoms with E-state index in [9.17, 15) is 0 Å². The Morgan fingerprint density at radius 2 is 0.969 bits per heavy atom. The van der Waals surface area contributed by atoms with Crippen LogP contribution in [0.2, 0.25) is 0 Å². The Labute approximate surface area is 206 Å². The highest BCUT2D eigenvalue weighted by molar-refractivity contribution is 7.17. The molecule has 0 radical (unpaired) electrons. The monoisotopic (exact) mass is 490 g/mol. The Kier molecular flexibility index (Phi) is 4.49. The minimum absolute atomic E-state index is 0.155. The lowest BCUT2D eigenvalue weighted by Crippen LogP contribution is -2.08. The lowest BCUT2D eigenvalue weighted by Gasteiger charge is -2.17. The first-order chi connectivity index (χ1) is 15.1. The molecule has 0 nitrogen and oxygen atoms in total. The zero-order chi connectivity index (χ0) is 22.4. The van der Waals surface area contributed by atoms with Crippen molar-refractivity contribution in [2.24, 2.45) is 0 Å². The van der Waals surface area contributed by atoms with E-state index in [1.54, 1.807) is 0 Å². The molecule has 0 saturated heterocycles. The van der Waals surface area contributed by atoms with Crippen LogP contribution >= 0.6 is 45.3 Å². The second-order valence-corrected chi connectivity index (χ2v) is 14.7. The molecule has 32 heavy (non-hydrogen) atoms. The van der Waals surface area contributed by atoms with E-state index in [2.05, 4.69) is 88.7 Å². The van der Waals surface area contributed by atoms with E-state index in [1.807, 2.05) is 45.3 Å². The lowest BCUT2D eigenvalue weighted by molar-refractivity contribution is 0.603. The quantitative estimate of drug-likeness (QED) is 0.262. The Hall–Kier alpha value is -1.72. The minimum Gasteiger partial charge on any atom is -0.144 e. The van der Waals surface area contributed by atoms with E-state index in [0.29, 0.717) is 0 Å². The van der Waals surface area contributed by atoms with Crippen molar-refractivity contribution in [3.8, 4) is 0 Å². The molecule has 4 heterocycles. The summed E-state index contributed by atoms with van der Waals surface area (Å²) in [7, 11) is 0. The van der Waals surface area contributed by atoms with Gasteiger partial charge in [0, 0.05) is 62.7 Å². The van der Waals surface area contributed by atoms with Crippen LogP contribution in [0.5, 0.6) is 0 Å². The molecule has 6 rings (SSSR count). The van der Waals surface area contributed by atoms with Crippen LogP contribution in [0.3, 0.4) is 0 Å². The molecular formula is C28H26S4. The molecule has 2 aliphatic carbocycles. The maximum Gasteiger partial charge on any atom is 0.0438 e. The number of fused-ring (bicyclic) bond motifs is 5. The summed E-state index contributed by atoms with van der Waals surface area (Å²) in [4.78, 5) is 8.66. The summed E-state index contributed by atoms with van der Waals surface area (Å²) in [5, 5.41) is 4.43. The largest absolute Gasteiger partial charge is 0.144 e. The van der Waals surface area contributed by atoms with Crippen molar-refractivity contribution < 1.29 is 0 Å². The van der Waals surface area contributed by atoms with Gasteiger partial charge >= 0.3 is 0 Å². The smallest absolute Gasteiger partial charge is 0.0438 e. The minimum atomic E-state index is 0.155. The molecule has 4 aromatic rings. The summed E-state index contributed by atoms with van der Waals surface area (Å²) < 4.78 is 0. The predicted molar refractivity (Wildman–Crippen MR) is 147 cm³/mol. The van der Waals surface area contributed by atoms with Crippen LogP contribution in [0.25, 0.3) is 22.3 Å². The van der Waals surface area contributed by atoms with Crippen molar-refractivity contribution in [1.82, 2.24) is 0 Å². The summed E-state index contributed by atoms with van der Waals surface area (Å²) in [6, 6.07) is 14.0. The van der Waals surface area contributed by atoms with Gasteiger partial charge in [0.05, 0.1) is 0 Å². The maximum absolute atomic E-state index is 2.48. The van der Waals surface area contributed by atoms with Crippen LogP contribution in [0.4, 0.5) is 0 Å². The van der Waals surface area contributed by atoms with Crippen molar-refractivity contribution >= 4 is 67.6 Å².